The topological polar surface area (TPSA) is 167 Å². The lowest BCUT2D eigenvalue weighted by Crippen LogP contribution is -2.33. The predicted molar refractivity (Wildman–Crippen MR) is 148 cm³/mol. The summed E-state index contributed by atoms with van der Waals surface area (Å²) < 4.78 is 1.01. The number of aromatic carboxylic acids is 1. The smallest absolute Gasteiger partial charge is 0.341 e. The number of H-pyrrole nitrogens is 1. The Morgan fingerprint density at radius 3 is 2.40 bits per heavy atom. The van der Waals surface area contributed by atoms with Gasteiger partial charge in [0.25, 0.3) is 5.56 Å². The molecule has 0 saturated carbocycles. The predicted octanol–water partition coefficient (Wildman–Crippen LogP) is 3.05. The Morgan fingerprint density at radius 1 is 1.02 bits per heavy atom. The van der Waals surface area contributed by atoms with E-state index in [0.717, 1.165) is 50.6 Å². The van der Waals surface area contributed by atoms with Crippen molar-refractivity contribution >= 4 is 29.9 Å². The molecular weight excluding hydrogens is 514 g/mol. The molecule has 0 radical (unpaired) electrons. The van der Waals surface area contributed by atoms with E-state index in [9.17, 15) is 24.3 Å². The van der Waals surface area contributed by atoms with Crippen molar-refractivity contribution in [3.8, 4) is 5.95 Å². The van der Waals surface area contributed by atoms with Gasteiger partial charge in [-0.15, -0.1) is 0 Å². The van der Waals surface area contributed by atoms with E-state index in [1.165, 1.54) is 6.20 Å². The van der Waals surface area contributed by atoms with E-state index >= 15 is 0 Å². The Bertz CT molecular complexity index is 1820. The lowest BCUT2D eigenvalue weighted by molar-refractivity contribution is -0.134. The minimum Gasteiger partial charge on any atom is -0.480 e. The molecule has 0 aliphatic heterocycles. The van der Waals surface area contributed by atoms with Gasteiger partial charge in [0, 0.05) is 23.9 Å². The van der Waals surface area contributed by atoms with Crippen LogP contribution in [0.25, 0.3) is 18.1 Å². The number of aliphatic carboxylic acids is 1. The fourth-order valence-corrected chi connectivity index (χ4v) is 4.81. The van der Waals surface area contributed by atoms with Crippen LogP contribution in [0.2, 0.25) is 0 Å². The molecule has 0 spiro atoms. The number of hydrogen-bond donors (Lipinski definition) is 4. The third-order valence-electron chi connectivity index (χ3n) is 6.78. The molecule has 2 aromatic carbocycles. The number of hydrogen-bond acceptors (Lipinski definition) is 7. The highest BCUT2D eigenvalue weighted by atomic mass is 16.4. The van der Waals surface area contributed by atoms with Crippen LogP contribution in [-0.4, -0.2) is 48.2 Å². The van der Waals surface area contributed by atoms with Gasteiger partial charge in [-0.3, -0.25) is 14.6 Å². The molecule has 40 heavy (non-hydrogen) atoms. The van der Waals surface area contributed by atoms with Crippen LogP contribution in [0.4, 0.5) is 5.82 Å². The maximum atomic E-state index is 13.3. The molecule has 1 aliphatic carbocycles. The number of carbonyl (C=O) groups is 2. The number of nitrogens with one attached hydrogen (secondary N) is 2. The highest BCUT2D eigenvalue weighted by Crippen LogP contribution is 2.38. The van der Waals surface area contributed by atoms with Crippen molar-refractivity contribution in [2.75, 3.05) is 11.9 Å². The van der Waals surface area contributed by atoms with Crippen LogP contribution in [0.3, 0.4) is 0 Å². The van der Waals surface area contributed by atoms with Gasteiger partial charge >= 0.3 is 17.6 Å². The molecule has 2 heterocycles. The third-order valence-corrected chi connectivity index (χ3v) is 6.78. The van der Waals surface area contributed by atoms with Crippen molar-refractivity contribution < 1.29 is 19.8 Å². The molecule has 202 valence electrons. The van der Waals surface area contributed by atoms with Crippen molar-refractivity contribution in [2.24, 2.45) is 0 Å². The summed E-state index contributed by atoms with van der Waals surface area (Å²) in [6.07, 6.45) is 7.20. The lowest BCUT2D eigenvalue weighted by Gasteiger charge is -2.21. The molecule has 5 rings (SSSR count). The van der Waals surface area contributed by atoms with E-state index in [2.05, 4.69) is 33.3 Å². The van der Waals surface area contributed by atoms with Crippen molar-refractivity contribution in [1.29, 1.82) is 0 Å². The first-order chi connectivity index (χ1) is 19.2. The van der Waals surface area contributed by atoms with Crippen LogP contribution in [-0.2, 0) is 11.2 Å². The number of aryl methyl sites for hydroxylation is 2. The highest BCUT2D eigenvalue weighted by molar-refractivity contribution is 5.93. The number of carboxylic acid groups (broad SMARTS) is 2. The van der Waals surface area contributed by atoms with Crippen LogP contribution in [0, 0.1) is 6.92 Å². The maximum absolute atomic E-state index is 13.3. The molecular formula is C29H25N5O6. The monoisotopic (exact) mass is 539 g/mol. The number of fused-ring (bicyclic) bond motifs is 2. The summed E-state index contributed by atoms with van der Waals surface area (Å²) in [6, 6.07) is 12.0. The molecule has 4 N–H and O–H groups in total. The van der Waals surface area contributed by atoms with Crippen LogP contribution < -0.4 is 16.6 Å². The summed E-state index contributed by atoms with van der Waals surface area (Å²) >= 11 is 0. The molecule has 0 bridgehead atoms. The number of anilines is 1. The number of carboxylic acids is 2. The second-order valence-electron chi connectivity index (χ2n) is 9.41. The molecule has 1 unspecified atom stereocenters. The summed E-state index contributed by atoms with van der Waals surface area (Å²) in [4.78, 5) is 59.5. The van der Waals surface area contributed by atoms with Gasteiger partial charge in [0.2, 0.25) is 5.95 Å². The minimum atomic E-state index is -1.38. The molecule has 2 aromatic heterocycles. The SMILES string of the molecule is CCc1ccc2c(c1)C=Cc1cc(C)ccc1C2c1cn(-c2ncc(C(=O)O)c(NCC(=O)O)n2)c(=O)[nH]c1=O. The van der Waals surface area contributed by atoms with E-state index in [1.807, 2.05) is 49.4 Å². The Kier molecular flexibility index (Phi) is 6.87. The van der Waals surface area contributed by atoms with Crippen LogP contribution >= 0.6 is 0 Å². The van der Waals surface area contributed by atoms with Gasteiger partial charge in [-0.1, -0.05) is 61.0 Å². The number of rotatable bonds is 7. The van der Waals surface area contributed by atoms with Crippen LogP contribution in [0.1, 0.15) is 62.1 Å². The van der Waals surface area contributed by atoms with Gasteiger partial charge in [-0.25, -0.2) is 19.1 Å². The number of benzene rings is 2. The first-order valence-corrected chi connectivity index (χ1v) is 12.5. The van der Waals surface area contributed by atoms with Gasteiger partial charge in [-0.2, -0.15) is 4.98 Å². The Morgan fingerprint density at radius 2 is 1.73 bits per heavy atom. The summed E-state index contributed by atoms with van der Waals surface area (Å²) in [7, 11) is 0. The van der Waals surface area contributed by atoms with Gasteiger partial charge in [-0.05, 0) is 41.2 Å². The average molecular weight is 540 g/mol. The fraction of sp³-hybridized carbons (Fsp3) is 0.172. The maximum Gasteiger partial charge on any atom is 0.341 e. The van der Waals surface area contributed by atoms with E-state index in [1.54, 1.807) is 0 Å². The zero-order valence-electron chi connectivity index (χ0n) is 21.6. The van der Waals surface area contributed by atoms with Crippen molar-refractivity contribution in [2.45, 2.75) is 26.2 Å². The summed E-state index contributed by atoms with van der Waals surface area (Å²) in [5.74, 6) is -3.69. The standard InChI is InChI=1S/C29H25N5O6/c1-3-16-5-9-20-18(11-16)7-6-17-10-15(2)4-8-19(17)24(20)22-14-34(29(40)33-26(22)37)28-31-12-21(27(38)39)25(32-28)30-13-23(35)36/h4-12,14,24H,3,13H2,1-2H3,(H,35,36)(H,38,39)(H,30,31,32)(H,33,37,40). The lowest BCUT2D eigenvalue weighted by atomic mass is 9.82. The van der Waals surface area contributed by atoms with E-state index < -0.39 is 35.7 Å². The molecule has 4 aromatic rings. The minimum absolute atomic E-state index is 0.238. The van der Waals surface area contributed by atoms with Gasteiger partial charge in [0.15, 0.2) is 0 Å². The van der Waals surface area contributed by atoms with E-state index in [4.69, 9.17) is 5.11 Å². The first kappa shape index (κ1) is 26.3. The Balaban J connectivity index is 1.73. The van der Waals surface area contributed by atoms with Crippen molar-refractivity contribution in [3.63, 3.8) is 0 Å². The Labute approximate surface area is 227 Å². The molecule has 1 aliphatic rings. The molecule has 0 saturated heterocycles. The fourth-order valence-electron chi connectivity index (χ4n) is 4.81. The molecule has 11 nitrogen and oxygen atoms in total. The number of aromatic nitrogens is 4. The van der Waals surface area contributed by atoms with E-state index in [-0.39, 0.29) is 22.9 Å². The summed E-state index contributed by atoms with van der Waals surface area (Å²) in [5, 5.41) is 20.9. The van der Waals surface area contributed by atoms with Gasteiger partial charge < -0.3 is 15.5 Å². The first-order valence-electron chi connectivity index (χ1n) is 12.5. The van der Waals surface area contributed by atoms with Crippen LogP contribution in [0.15, 0.2) is 58.4 Å². The van der Waals surface area contributed by atoms with Gasteiger partial charge in [0.05, 0.1) is 0 Å². The normalized spacial score (nSPS) is 13.7. The largest absolute Gasteiger partial charge is 0.480 e. The Hall–Kier alpha value is -5.32. The zero-order chi connectivity index (χ0) is 28.6. The van der Waals surface area contributed by atoms with E-state index in [0.29, 0.717) is 0 Å². The zero-order valence-corrected chi connectivity index (χ0v) is 21.6. The second-order valence-corrected chi connectivity index (χ2v) is 9.41. The number of aromatic amines is 1. The molecule has 0 fully saturated rings. The summed E-state index contributed by atoms with van der Waals surface area (Å²) in [6.45, 7) is 3.44. The average Bonchev–Trinajstić information content (AvgIpc) is 3.08. The van der Waals surface area contributed by atoms with Crippen molar-refractivity contribution in [3.05, 3.63) is 114 Å². The summed E-state index contributed by atoms with van der Waals surface area (Å²) in [5.41, 5.74) is 4.26. The molecule has 11 heteroatoms. The molecule has 0 amide bonds. The molecule has 1 atom stereocenters. The van der Waals surface area contributed by atoms with Crippen molar-refractivity contribution in [1.82, 2.24) is 19.5 Å². The highest BCUT2D eigenvalue weighted by Gasteiger charge is 2.27. The second kappa shape index (κ2) is 10.4. The van der Waals surface area contributed by atoms with Crippen LogP contribution in [0.5, 0.6) is 0 Å². The van der Waals surface area contributed by atoms with Gasteiger partial charge in [0.1, 0.15) is 17.9 Å². The quantitative estimate of drug-likeness (QED) is 0.243. The third kappa shape index (κ3) is 4.92. The number of nitrogens with zero attached hydrogens (tertiary/aromatic N) is 3.